The highest BCUT2D eigenvalue weighted by atomic mass is 32.2. The fourth-order valence-electron chi connectivity index (χ4n) is 0.971. The molecule has 0 bridgehead atoms. The Balaban J connectivity index is 0. The summed E-state index contributed by atoms with van der Waals surface area (Å²) in [5, 5.41) is 0. The van der Waals surface area contributed by atoms with E-state index in [-0.39, 0.29) is 0 Å². The topological polar surface area (TPSA) is 0 Å². The van der Waals surface area contributed by atoms with E-state index in [0.29, 0.717) is 5.41 Å². The van der Waals surface area contributed by atoms with Crippen molar-refractivity contribution in [1.82, 2.24) is 0 Å². The van der Waals surface area contributed by atoms with Crippen LogP contribution >= 0.6 is 11.8 Å². The maximum Gasteiger partial charge on any atom is -0.0000000000000000214 e. The van der Waals surface area contributed by atoms with Crippen LogP contribution in [-0.2, 0) is 0 Å². The molecule has 0 unspecified atom stereocenters. The second-order valence-electron chi connectivity index (χ2n) is 5.80. The van der Waals surface area contributed by atoms with E-state index in [1.807, 2.05) is 11.8 Å². The first-order valence-electron chi connectivity index (χ1n) is 8.30. The van der Waals surface area contributed by atoms with E-state index in [0.717, 1.165) is 0 Å². The van der Waals surface area contributed by atoms with Gasteiger partial charge in [-0.15, -0.1) is 0 Å². The van der Waals surface area contributed by atoms with E-state index >= 15 is 0 Å². The van der Waals surface area contributed by atoms with Crippen LogP contribution in [0, 0.1) is 112 Å². The van der Waals surface area contributed by atoms with Gasteiger partial charge in [0.25, 0.3) is 0 Å². The molecule has 0 fully saturated rings. The monoisotopic (exact) mass is 378 g/mol. The third-order valence-corrected chi connectivity index (χ3v) is 2.86. The second kappa shape index (κ2) is 21.4. The Bertz CT molecular complexity index is 959. The molecule has 0 aromatic heterocycles. The average Bonchev–Trinajstić information content (AvgIpc) is 2.66. The molecule has 0 nitrogen and oxygen atoms in total. The molecule has 0 aliphatic rings. The van der Waals surface area contributed by atoms with Crippen molar-refractivity contribution in [2.24, 2.45) is 5.41 Å². The highest BCUT2D eigenvalue weighted by Gasteiger charge is 2.07. The van der Waals surface area contributed by atoms with Gasteiger partial charge in [0.2, 0.25) is 0 Å². The maximum absolute atomic E-state index is 2.63. The standard InChI is InChI=1S/C20H6.C7H16S/c1-3-5-7-9-11-13-15-17-19-20-18-16-14-12-10-8-6-4-2;1-7(2,3)5-6-8-4/h1-2H3;5-6H2,1-4H3. The zero-order chi connectivity index (χ0) is 21.3. The summed E-state index contributed by atoms with van der Waals surface area (Å²) in [5.74, 6) is 46.9. The molecule has 0 aromatic rings. The first-order valence-corrected chi connectivity index (χ1v) is 9.69. The summed E-state index contributed by atoms with van der Waals surface area (Å²) in [4.78, 5) is 0. The van der Waals surface area contributed by atoms with Gasteiger partial charge in [0, 0.05) is 0 Å². The lowest BCUT2D eigenvalue weighted by Crippen LogP contribution is -2.05. The molecule has 0 aliphatic carbocycles. The second-order valence-corrected chi connectivity index (χ2v) is 6.79. The predicted octanol–water partition coefficient (Wildman–Crippen LogP) is 3.84. The summed E-state index contributed by atoms with van der Waals surface area (Å²) in [6.45, 7) is 10.2. The quantitative estimate of drug-likeness (QED) is 0.658. The summed E-state index contributed by atoms with van der Waals surface area (Å²) >= 11 is 1.93. The molecule has 136 valence electrons. The number of hydrogen-bond donors (Lipinski definition) is 0. The number of rotatable bonds is 2. The highest BCUT2D eigenvalue weighted by molar-refractivity contribution is 7.98. The largest absolute Gasteiger partial charge is 0.165 e. The van der Waals surface area contributed by atoms with Crippen LogP contribution in [0.1, 0.15) is 41.0 Å². The first-order chi connectivity index (χ1) is 13.5. The third-order valence-electron chi connectivity index (χ3n) is 2.24. The Labute approximate surface area is 176 Å². The van der Waals surface area contributed by atoms with Gasteiger partial charge in [0.05, 0.1) is 0 Å². The van der Waals surface area contributed by atoms with Crippen LogP contribution in [0.15, 0.2) is 0 Å². The molecule has 1 heteroatoms. The molecule has 0 aliphatic heterocycles. The SMILES string of the molecule is CC#CC#CC#CC#CC#CC#CC#CC#CC#CC.CSCCC(C)(C)C. The molecular weight excluding hydrogens is 356 g/mol. The van der Waals surface area contributed by atoms with Gasteiger partial charge in [-0.3, -0.25) is 0 Å². The lowest BCUT2D eigenvalue weighted by molar-refractivity contribution is 0.401. The lowest BCUT2D eigenvalue weighted by Gasteiger charge is -2.16. The van der Waals surface area contributed by atoms with Gasteiger partial charge >= 0.3 is 0 Å². The summed E-state index contributed by atoms with van der Waals surface area (Å²) in [7, 11) is 0. The minimum atomic E-state index is 0.531. The van der Waals surface area contributed by atoms with Gasteiger partial charge < -0.3 is 0 Å². The normalized spacial score (nSPS) is 6.21. The molecule has 0 amide bonds. The lowest BCUT2D eigenvalue weighted by atomic mass is 9.94. The zero-order valence-corrected chi connectivity index (χ0v) is 18.1. The predicted molar refractivity (Wildman–Crippen MR) is 124 cm³/mol. The molecule has 0 radical (unpaired) electrons. The van der Waals surface area contributed by atoms with Gasteiger partial charge in [-0.05, 0) is 132 Å². The molecule has 0 spiro atoms. The maximum atomic E-state index is 2.63. The average molecular weight is 379 g/mol. The first kappa shape index (κ1) is 26.6. The van der Waals surface area contributed by atoms with Gasteiger partial charge in [-0.2, -0.15) is 11.8 Å². The Morgan fingerprint density at radius 1 is 0.500 bits per heavy atom. The van der Waals surface area contributed by atoms with Crippen LogP contribution in [0.4, 0.5) is 0 Å². The van der Waals surface area contributed by atoms with Crippen LogP contribution < -0.4 is 0 Å². The molecule has 0 saturated heterocycles. The van der Waals surface area contributed by atoms with Crippen molar-refractivity contribution in [3.05, 3.63) is 0 Å². The van der Waals surface area contributed by atoms with Gasteiger partial charge in [0.1, 0.15) is 0 Å². The van der Waals surface area contributed by atoms with Crippen molar-refractivity contribution in [3.63, 3.8) is 0 Å². The minimum Gasteiger partial charge on any atom is -0.165 e. The van der Waals surface area contributed by atoms with E-state index in [4.69, 9.17) is 0 Å². The molecule has 0 aromatic carbocycles. The summed E-state index contributed by atoms with van der Waals surface area (Å²) in [6.07, 6.45) is 3.49. The number of thioether (sulfide) groups is 1. The van der Waals surface area contributed by atoms with E-state index in [9.17, 15) is 0 Å². The Morgan fingerprint density at radius 3 is 0.893 bits per heavy atom. The summed E-state index contributed by atoms with van der Waals surface area (Å²) in [5.41, 5.74) is 0.531. The molecule has 0 atom stereocenters. The van der Waals surface area contributed by atoms with Gasteiger partial charge in [0.15, 0.2) is 0 Å². The molecular formula is C27H22S. The molecule has 0 rings (SSSR count). The van der Waals surface area contributed by atoms with Crippen molar-refractivity contribution >= 4 is 11.8 Å². The van der Waals surface area contributed by atoms with Crippen LogP contribution in [-0.4, -0.2) is 12.0 Å². The zero-order valence-electron chi connectivity index (χ0n) is 17.3. The van der Waals surface area contributed by atoms with Gasteiger partial charge in [-0.25, -0.2) is 0 Å². The minimum absolute atomic E-state index is 0.531. The molecule has 0 heterocycles. The fourth-order valence-corrected chi connectivity index (χ4v) is 1.79. The van der Waals surface area contributed by atoms with Gasteiger partial charge in [-0.1, -0.05) is 32.6 Å². The van der Waals surface area contributed by atoms with Crippen molar-refractivity contribution < 1.29 is 0 Å². The number of hydrogen-bond acceptors (Lipinski definition) is 1. The van der Waals surface area contributed by atoms with Crippen LogP contribution in [0.25, 0.3) is 0 Å². The van der Waals surface area contributed by atoms with E-state index in [1.165, 1.54) is 12.2 Å². The Kier molecular flexibility index (Phi) is 20.4. The summed E-state index contributed by atoms with van der Waals surface area (Å²) < 4.78 is 0. The third kappa shape index (κ3) is 30.3. The van der Waals surface area contributed by atoms with Crippen LogP contribution in [0.2, 0.25) is 0 Å². The van der Waals surface area contributed by atoms with E-state index < -0.39 is 0 Å². The van der Waals surface area contributed by atoms with Crippen molar-refractivity contribution in [1.29, 1.82) is 0 Å². The van der Waals surface area contributed by atoms with Crippen LogP contribution in [0.3, 0.4) is 0 Å². The van der Waals surface area contributed by atoms with Crippen LogP contribution in [0.5, 0.6) is 0 Å². The van der Waals surface area contributed by atoms with Crippen molar-refractivity contribution in [2.45, 2.75) is 41.0 Å². The van der Waals surface area contributed by atoms with E-state index in [1.54, 1.807) is 13.8 Å². The Hall–Kier alpha value is -3.61. The molecule has 0 saturated carbocycles. The molecule has 0 N–H and O–H groups in total. The van der Waals surface area contributed by atoms with E-state index in [2.05, 4.69) is 134 Å². The smallest absolute Gasteiger partial charge is 0.0000000000000000214 e. The fraction of sp³-hybridized carbons (Fsp3) is 0.333. The Morgan fingerprint density at radius 2 is 0.750 bits per heavy atom. The van der Waals surface area contributed by atoms with Crippen molar-refractivity contribution in [3.8, 4) is 107 Å². The highest BCUT2D eigenvalue weighted by Crippen LogP contribution is 2.19. The summed E-state index contributed by atoms with van der Waals surface area (Å²) in [6, 6.07) is 0. The molecule has 28 heavy (non-hydrogen) atoms. The van der Waals surface area contributed by atoms with Crippen molar-refractivity contribution in [2.75, 3.05) is 12.0 Å².